The molecule has 0 saturated heterocycles. The summed E-state index contributed by atoms with van der Waals surface area (Å²) in [6.07, 6.45) is 1.93. The maximum Gasteiger partial charge on any atom is 0.122 e. The molecule has 1 rings (SSSR count). The minimum absolute atomic E-state index is 0.226. The van der Waals surface area contributed by atoms with Crippen molar-refractivity contribution in [2.75, 3.05) is 7.11 Å². The number of methoxy groups -OCH3 is 1. The van der Waals surface area contributed by atoms with Crippen molar-refractivity contribution in [3.63, 3.8) is 0 Å². The monoisotopic (exact) mass is 304 g/mol. The molecule has 0 N–H and O–H groups in total. The van der Waals surface area contributed by atoms with Crippen LogP contribution in [0, 0.1) is 5.92 Å². The van der Waals surface area contributed by atoms with E-state index in [4.69, 9.17) is 16.3 Å². The molecule has 0 aliphatic carbocycles. The number of ether oxygens (including phenoxy) is 1. The molecule has 1 atom stereocenters. The molecule has 0 saturated carbocycles. The summed E-state index contributed by atoms with van der Waals surface area (Å²) in [6, 6.07) is 6.07. The Morgan fingerprint density at radius 1 is 1.38 bits per heavy atom. The average molecular weight is 306 g/mol. The minimum atomic E-state index is 0.226. The van der Waals surface area contributed by atoms with Crippen molar-refractivity contribution < 1.29 is 4.74 Å². The Morgan fingerprint density at radius 2 is 2.06 bits per heavy atom. The van der Waals surface area contributed by atoms with E-state index in [2.05, 4.69) is 35.8 Å². The van der Waals surface area contributed by atoms with Gasteiger partial charge in [0.1, 0.15) is 5.75 Å². The summed E-state index contributed by atoms with van der Waals surface area (Å²) in [7, 11) is 1.70. The summed E-state index contributed by atoms with van der Waals surface area (Å²) in [5, 5.41) is 0.226. The lowest BCUT2D eigenvalue weighted by Gasteiger charge is -2.14. The Bertz CT molecular complexity index is 339. The van der Waals surface area contributed by atoms with E-state index in [9.17, 15) is 0 Å². The first-order valence-corrected chi connectivity index (χ1v) is 6.74. The zero-order chi connectivity index (χ0) is 12.1. The third-order valence-electron chi connectivity index (χ3n) is 2.66. The molecule has 0 fully saturated rings. The number of hydrogen-bond donors (Lipinski definition) is 0. The van der Waals surface area contributed by atoms with Crippen molar-refractivity contribution in [3.8, 4) is 5.75 Å². The molecule has 1 nitrogen and oxygen atoms in total. The van der Waals surface area contributed by atoms with Crippen LogP contribution in [-0.2, 0) is 6.42 Å². The van der Waals surface area contributed by atoms with Gasteiger partial charge in [-0.25, -0.2) is 0 Å². The molecule has 90 valence electrons. The first-order valence-electron chi connectivity index (χ1n) is 5.51. The Hall–Kier alpha value is -0.210. The van der Waals surface area contributed by atoms with Crippen LogP contribution >= 0.6 is 27.5 Å². The first kappa shape index (κ1) is 13.9. The van der Waals surface area contributed by atoms with Gasteiger partial charge < -0.3 is 4.74 Å². The molecule has 3 heteroatoms. The van der Waals surface area contributed by atoms with Crippen molar-refractivity contribution >= 4 is 27.5 Å². The summed E-state index contributed by atoms with van der Waals surface area (Å²) >= 11 is 9.72. The molecular weight excluding hydrogens is 287 g/mol. The maximum atomic E-state index is 6.25. The van der Waals surface area contributed by atoms with E-state index in [0.717, 1.165) is 23.1 Å². The first-order chi connectivity index (χ1) is 7.54. The molecule has 0 bridgehead atoms. The summed E-state index contributed by atoms with van der Waals surface area (Å²) < 4.78 is 6.41. The highest BCUT2D eigenvalue weighted by Gasteiger charge is 2.11. The van der Waals surface area contributed by atoms with Gasteiger partial charge in [-0.15, -0.1) is 11.6 Å². The third kappa shape index (κ3) is 3.99. The highest BCUT2D eigenvalue weighted by molar-refractivity contribution is 9.10. The van der Waals surface area contributed by atoms with E-state index < -0.39 is 0 Å². The molecule has 0 aliphatic rings. The predicted molar refractivity (Wildman–Crippen MR) is 73.5 cm³/mol. The lowest BCUT2D eigenvalue weighted by Crippen LogP contribution is -2.09. The van der Waals surface area contributed by atoms with Gasteiger partial charge >= 0.3 is 0 Å². The molecular formula is C13H18BrClO. The van der Waals surface area contributed by atoms with E-state index in [1.807, 2.05) is 12.1 Å². The number of alkyl halides is 1. The largest absolute Gasteiger partial charge is 0.496 e. The topological polar surface area (TPSA) is 9.23 Å². The van der Waals surface area contributed by atoms with Crippen LogP contribution in [0.3, 0.4) is 0 Å². The fourth-order valence-corrected chi connectivity index (χ4v) is 2.09. The third-order valence-corrected chi connectivity index (χ3v) is 3.87. The molecule has 0 amide bonds. The Labute approximate surface area is 111 Å². The van der Waals surface area contributed by atoms with Gasteiger partial charge in [0.05, 0.1) is 7.11 Å². The Morgan fingerprint density at radius 3 is 2.62 bits per heavy atom. The normalized spacial score (nSPS) is 12.9. The zero-order valence-corrected chi connectivity index (χ0v) is 12.3. The van der Waals surface area contributed by atoms with Gasteiger partial charge in [0, 0.05) is 9.85 Å². The van der Waals surface area contributed by atoms with Crippen molar-refractivity contribution in [1.82, 2.24) is 0 Å². The lowest BCUT2D eigenvalue weighted by atomic mass is 10.0. The quantitative estimate of drug-likeness (QED) is 0.719. The van der Waals surface area contributed by atoms with Gasteiger partial charge in [0.25, 0.3) is 0 Å². The van der Waals surface area contributed by atoms with Crippen LogP contribution in [-0.4, -0.2) is 12.5 Å². The van der Waals surface area contributed by atoms with Crippen LogP contribution in [0.1, 0.15) is 25.8 Å². The molecule has 1 unspecified atom stereocenters. The fraction of sp³-hybridized carbons (Fsp3) is 0.538. The number of rotatable bonds is 5. The molecule has 1 aromatic rings. The highest BCUT2D eigenvalue weighted by atomic mass is 79.9. The van der Waals surface area contributed by atoms with Crippen molar-refractivity contribution in [2.24, 2.45) is 5.92 Å². The summed E-state index contributed by atoms with van der Waals surface area (Å²) in [4.78, 5) is 0. The van der Waals surface area contributed by atoms with Crippen molar-refractivity contribution in [3.05, 3.63) is 28.2 Å². The molecule has 0 radical (unpaired) electrons. The SMILES string of the molecule is COc1ccc(Br)cc1CCC(Cl)C(C)C. The van der Waals surface area contributed by atoms with E-state index >= 15 is 0 Å². The van der Waals surface area contributed by atoms with Crippen LogP contribution in [0.5, 0.6) is 5.75 Å². The van der Waals surface area contributed by atoms with Crippen molar-refractivity contribution in [1.29, 1.82) is 0 Å². The molecule has 1 aromatic carbocycles. The van der Waals surface area contributed by atoms with Gasteiger partial charge in [-0.3, -0.25) is 0 Å². The van der Waals surface area contributed by atoms with E-state index in [1.54, 1.807) is 7.11 Å². The number of benzene rings is 1. The maximum absolute atomic E-state index is 6.25. The Balaban J connectivity index is 2.68. The zero-order valence-electron chi connectivity index (χ0n) is 9.97. The van der Waals surface area contributed by atoms with Crippen LogP contribution in [0.15, 0.2) is 22.7 Å². The number of aryl methyl sites for hydroxylation is 1. The second-order valence-corrected chi connectivity index (χ2v) is 5.73. The lowest BCUT2D eigenvalue weighted by molar-refractivity contribution is 0.408. The highest BCUT2D eigenvalue weighted by Crippen LogP contribution is 2.26. The second-order valence-electron chi connectivity index (χ2n) is 4.25. The van der Waals surface area contributed by atoms with E-state index in [0.29, 0.717) is 5.92 Å². The second kappa shape index (κ2) is 6.51. The van der Waals surface area contributed by atoms with Gasteiger partial charge in [0.2, 0.25) is 0 Å². The molecule has 0 spiro atoms. The van der Waals surface area contributed by atoms with Crippen LogP contribution in [0.25, 0.3) is 0 Å². The van der Waals surface area contributed by atoms with Crippen molar-refractivity contribution in [2.45, 2.75) is 32.1 Å². The summed E-state index contributed by atoms with van der Waals surface area (Å²) in [5.41, 5.74) is 1.21. The van der Waals surface area contributed by atoms with E-state index in [-0.39, 0.29) is 5.38 Å². The average Bonchev–Trinajstić information content (AvgIpc) is 2.25. The molecule has 16 heavy (non-hydrogen) atoms. The molecule has 0 heterocycles. The molecule has 0 aromatic heterocycles. The standard InChI is InChI=1S/C13H18BrClO/c1-9(2)12(15)6-4-10-8-11(14)5-7-13(10)16-3/h5,7-9,12H,4,6H2,1-3H3. The van der Waals surface area contributed by atoms with Gasteiger partial charge in [-0.2, -0.15) is 0 Å². The summed E-state index contributed by atoms with van der Waals surface area (Å²) in [6.45, 7) is 4.30. The van der Waals surface area contributed by atoms with Gasteiger partial charge in [-0.1, -0.05) is 29.8 Å². The number of hydrogen-bond acceptors (Lipinski definition) is 1. The van der Waals surface area contributed by atoms with Gasteiger partial charge in [-0.05, 0) is 42.5 Å². The summed E-state index contributed by atoms with van der Waals surface area (Å²) in [5.74, 6) is 1.45. The van der Waals surface area contributed by atoms with Crippen LogP contribution in [0.2, 0.25) is 0 Å². The smallest absolute Gasteiger partial charge is 0.122 e. The van der Waals surface area contributed by atoms with Crippen LogP contribution in [0.4, 0.5) is 0 Å². The molecule has 0 aliphatic heterocycles. The number of halogens is 2. The minimum Gasteiger partial charge on any atom is -0.496 e. The van der Waals surface area contributed by atoms with Gasteiger partial charge in [0.15, 0.2) is 0 Å². The van der Waals surface area contributed by atoms with Crippen LogP contribution < -0.4 is 4.74 Å². The van der Waals surface area contributed by atoms with E-state index in [1.165, 1.54) is 5.56 Å². The Kier molecular flexibility index (Phi) is 5.63. The predicted octanol–water partition coefficient (Wildman–Crippen LogP) is 4.65. The fourth-order valence-electron chi connectivity index (χ4n) is 1.57.